The lowest BCUT2D eigenvalue weighted by Gasteiger charge is -2.13. The number of carbonyl (C=O) groups is 1. The Morgan fingerprint density at radius 1 is 1.06 bits per heavy atom. The Balaban J connectivity index is 1.44. The van der Waals surface area contributed by atoms with Gasteiger partial charge in [0.25, 0.3) is 0 Å². The Morgan fingerprint density at radius 2 is 1.88 bits per heavy atom. The van der Waals surface area contributed by atoms with Gasteiger partial charge in [-0.05, 0) is 49.8 Å². The van der Waals surface area contributed by atoms with Crippen LogP contribution in [0, 0.1) is 5.82 Å². The van der Waals surface area contributed by atoms with E-state index in [1.54, 1.807) is 18.2 Å². The van der Waals surface area contributed by atoms with E-state index in [0.29, 0.717) is 29.6 Å². The highest BCUT2D eigenvalue weighted by molar-refractivity contribution is 7.99. The first-order valence-corrected chi connectivity index (χ1v) is 12.0. The zero-order valence-corrected chi connectivity index (χ0v) is 18.8. The van der Waals surface area contributed by atoms with Crippen molar-refractivity contribution in [2.45, 2.75) is 43.8 Å². The molecule has 32 heavy (non-hydrogen) atoms. The van der Waals surface area contributed by atoms with Gasteiger partial charge in [-0.25, -0.2) is 4.39 Å². The van der Waals surface area contributed by atoms with Crippen LogP contribution in [0.15, 0.2) is 71.4 Å². The number of amides is 1. The van der Waals surface area contributed by atoms with Crippen LogP contribution in [0.2, 0.25) is 0 Å². The first-order valence-electron chi connectivity index (χ1n) is 11.0. The molecule has 0 unspecified atom stereocenters. The highest BCUT2D eigenvalue weighted by atomic mass is 32.2. The Kier molecular flexibility index (Phi) is 7.72. The highest BCUT2D eigenvalue weighted by Crippen LogP contribution is 2.27. The fourth-order valence-corrected chi connectivity index (χ4v) is 4.59. The molecule has 166 valence electrons. The lowest BCUT2D eigenvalue weighted by atomic mass is 9.97. The predicted octanol–water partition coefficient (Wildman–Crippen LogP) is 5.23. The van der Waals surface area contributed by atoms with Crippen LogP contribution >= 0.6 is 11.8 Å². The average Bonchev–Trinajstić information content (AvgIpc) is 3.21. The summed E-state index contributed by atoms with van der Waals surface area (Å²) in [6, 6.07) is 16.4. The fraction of sp³-hybridized carbons (Fsp3) is 0.320. The molecule has 1 aliphatic carbocycles. The summed E-state index contributed by atoms with van der Waals surface area (Å²) in [6.07, 6.45) is 8.04. The Labute approximate surface area is 192 Å². The largest absolute Gasteiger partial charge is 0.355 e. The third kappa shape index (κ3) is 5.85. The Hall–Kier alpha value is -2.93. The van der Waals surface area contributed by atoms with Gasteiger partial charge in [-0.2, -0.15) is 0 Å². The molecule has 0 aliphatic heterocycles. The van der Waals surface area contributed by atoms with Crippen LogP contribution in [0.4, 0.5) is 4.39 Å². The van der Waals surface area contributed by atoms with Crippen LogP contribution in [0.5, 0.6) is 0 Å². The number of rotatable bonds is 9. The summed E-state index contributed by atoms with van der Waals surface area (Å²) >= 11 is 1.32. The van der Waals surface area contributed by atoms with E-state index in [1.165, 1.54) is 36.2 Å². The van der Waals surface area contributed by atoms with Gasteiger partial charge in [0, 0.05) is 6.54 Å². The van der Waals surface area contributed by atoms with Crippen LogP contribution in [-0.4, -0.2) is 33.0 Å². The third-order valence-electron chi connectivity index (χ3n) is 5.50. The van der Waals surface area contributed by atoms with Crippen LogP contribution in [0.1, 0.15) is 37.7 Å². The molecule has 4 rings (SSSR count). The summed E-state index contributed by atoms with van der Waals surface area (Å²) in [5.41, 5.74) is 2.89. The molecule has 1 aromatic heterocycles. The first kappa shape index (κ1) is 22.3. The Bertz CT molecular complexity index is 1080. The van der Waals surface area contributed by atoms with Gasteiger partial charge in [0.05, 0.1) is 17.9 Å². The van der Waals surface area contributed by atoms with Crippen molar-refractivity contribution < 1.29 is 9.18 Å². The van der Waals surface area contributed by atoms with Gasteiger partial charge in [0.1, 0.15) is 5.82 Å². The monoisotopic (exact) mass is 450 g/mol. The quantitative estimate of drug-likeness (QED) is 0.358. The molecule has 3 aromatic rings. The average molecular weight is 451 g/mol. The second-order valence-corrected chi connectivity index (χ2v) is 8.80. The minimum Gasteiger partial charge on any atom is -0.355 e. The maximum Gasteiger partial charge on any atom is 0.230 e. The van der Waals surface area contributed by atoms with E-state index in [9.17, 15) is 9.18 Å². The molecule has 0 spiro atoms. The van der Waals surface area contributed by atoms with Crippen LogP contribution in [-0.2, 0) is 11.3 Å². The van der Waals surface area contributed by atoms with E-state index in [2.05, 4.69) is 21.6 Å². The number of benzene rings is 2. The van der Waals surface area contributed by atoms with E-state index in [1.807, 2.05) is 34.9 Å². The zero-order valence-electron chi connectivity index (χ0n) is 18.0. The van der Waals surface area contributed by atoms with E-state index in [0.717, 1.165) is 24.8 Å². The lowest BCUT2D eigenvalue weighted by molar-refractivity contribution is -0.118. The van der Waals surface area contributed by atoms with Crippen LogP contribution in [0.25, 0.3) is 11.4 Å². The normalized spacial score (nSPS) is 13.6. The maximum absolute atomic E-state index is 14.5. The van der Waals surface area contributed by atoms with E-state index in [4.69, 9.17) is 0 Å². The van der Waals surface area contributed by atoms with Gasteiger partial charge in [-0.3, -0.25) is 9.36 Å². The molecule has 0 atom stereocenters. The molecular formula is C25H27FN4OS. The molecule has 5 nitrogen and oxygen atoms in total. The number of hydrogen-bond donors (Lipinski definition) is 1. The third-order valence-corrected chi connectivity index (χ3v) is 6.47. The summed E-state index contributed by atoms with van der Waals surface area (Å²) < 4.78 is 16.3. The number of nitrogens with zero attached hydrogens (tertiary/aromatic N) is 3. The van der Waals surface area contributed by atoms with Crippen molar-refractivity contribution in [2.24, 2.45) is 0 Å². The maximum atomic E-state index is 14.5. The highest BCUT2D eigenvalue weighted by Gasteiger charge is 2.18. The summed E-state index contributed by atoms with van der Waals surface area (Å²) in [7, 11) is 0. The molecule has 1 aliphatic rings. The number of thioether (sulfide) groups is 1. The summed E-state index contributed by atoms with van der Waals surface area (Å²) in [6.45, 7) is 1.15. The van der Waals surface area contributed by atoms with Crippen molar-refractivity contribution in [3.8, 4) is 11.4 Å². The minimum absolute atomic E-state index is 0.0342. The number of halogens is 1. The van der Waals surface area contributed by atoms with Crippen LogP contribution in [0.3, 0.4) is 0 Å². The molecule has 1 amide bonds. The minimum atomic E-state index is -0.347. The van der Waals surface area contributed by atoms with Crippen molar-refractivity contribution in [2.75, 3.05) is 12.3 Å². The summed E-state index contributed by atoms with van der Waals surface area (Å²) in [4.78, 5) is 12.4. The SMILES string of the molecule is O=C(CSc1nnc(-c2ccccc2F)n1Cc1ccccc1)NCCC1=CCCCC1. The molecule has 0 saturated carbocycles. The lowest BCUT2D eigenvalue weighted by Crippen LogP contribution is -2.26. The van der Waals surface area contributed by atoms with Gasteiger partial charge in [-0.1, -0.05) is 65.9 Å². The first-order chi connectivity index (χ1) is 15.7. The predicted molar refractivity (Wildman–Crippen MR) is 126 cm³/mol. The van der Waals surface area contributed by atoms with E-state index < -0.39 is 0 Å². The van der Waals surface area contributed by atoms with Gasteiger partial charge in [0.15, 0.2) is 11.0 Å². The molecule has 0 saturated heterocycles. The molecule has 2 aromatic carbocycles. The van der Waals surface area contributed by atoms with Gasteiger partial charge >= 0.3 is 0 Å². The molecule has 0 bridgehead atoms. The number of allylic oxidation sites excluding steroid dienone is 1. The fourth-order valence-electron chi connectivity index (χ4n) is 3.82. The smallest absolute Gasteiger partial charge is 0.230 e. The molecule has 0 radical (unpaired) electrons. The van der Waals surface area contributed by atoms with E-state index in [-0.39, 0.29) is 17.5 Å². The second-order valence-electron chi connectivity index (χ2n) is 7.85. The van der Waals surface area contributed by atoms with Crippen molar-refractivity contribution in [3.63, 3.8) is 0 Å². The summed E-state index contributed by atoms with van der Waals surface area (Å²) in [5, 5.41) is 12.1. The topological polar surface area (TPSA) is 59.8 Å². The van der Waals surface area contributed by atoms with Crippen molar-refractivity contribution >= 4 is 17.7 Å². The molecule has 7 heteroatoms. The van der Waals surface area contributed by atoms with Crippen LogP contribution < -0.4 is 5.32 Å². The number of nitrogens with one attached hydrogen (secondary N) is 1. The standard InChI is InChI=1S/C25H27FN4OS/c26-22-14-8-7-13-21(22)24-28-29-25(30(24)17-20-11-5-2-6-12-20)32-18-23(31)27-16-15-19-9-3-1-4-10-19/h2,5-9,11-14H,1,3-4,10,15-18H2,(H,27,31). The zero-order chi connectivity index (χ0) is 22.2. The number of carbonyl (C=O) groups excluding carboxylic acids is 1. The Morgan fingerprint density at radius 3 is 2.66 bits per heavy atom. The molecule has 1 heterocycles. The summed E-state index contributed by atoms with van der Waals surface area (Å²) in [5.74, 6) is 0.316. The second kappa shape index (κ2) is 11.1. The van der Waals surface area contributed by atoms with Gasteiger partial charge in [0.2, 0.25) is 5.91 Å². The van der Waals surface area contributed by atoms with E-state index >= 15 is 0 Å². The molecule has 1 N–H and O–H groups in total. The van der Waals surface area contributed by atoms with Crippen molar-refractivity contribution in [1.82, 2.24) is 20.1 Å². The van der Waals surface area contributed by atoms with Crippen molar-refractivity contribution in [1.29, 1.82) is 0 Å². The number of hydrogen-bond acceptors (Lipinski definition) is 4. The van der Waals surface area contributed by atoms with Gasteiger partial charge in [-0.15, -0.1) is 10.2 Å². The molecular weight excluding hydrogens is 423 g/mol. The van der Waals surface area contributed by atoms with Gasteiger partial charge < -0.3 is 5.32 Å². The van der Waals surface area contributed by atoms with Crippen molar-refractivity contribution in [3.05, 3.63) is 77.6 Å². The number of aromatic nitrogens is 3. The molecule has 0 fully saturated rings.